The molecule has 0 aliphatic carbocycles. The highest BCUT2D eigenvalue weighted by molar-refractivity contribution is 5.79. The molecule has 0 unspecified atom stereocenters. The minimum Gasteiger partial charge on any atom is -0.504 e. The summed E-state index contributed by atoms with van der Waals surface area (Å²) >= 11 is 0. The van der Waals surface area contributed by atoms with Crippen molar-refractivity contribution in [2.45, 2.75) is 12.2 Å². The van der Waals surface area contributed by atoms with Crippen molar-refractivity contribution in [2.24, 2.45) is 0 Å². The summed E-state index contributed by atoms with van der Waals surface area (Å²) < 4.78 is 10.6. The van der Waals surface area contributed by atoms with Gasteiger partial charge in [0.25, 0.3) is 0 Å². The molecule has 0 aromatic heterocycles. The van der Waals surface area contributed by atoms with Crippen molar-refractivity contribution in [3.8, 4) is 17.2 Å². The summed E-state index contributed by atoms with van der Waals surface area (Å²) in [5.74, 6) is -0.530. The first kappa shape index (κ1) is 17.4. The van der Waals surface area contributed by atoms with E-state index in [1.165, 1.54) is 25.3 Å². The first-order valence-electron chi connectivity index (χ1n) is 7.19. The molecule has 0 fully saturated rings. The monoisotopic (exact) mass is 330 g/mol. The summed E-state index contributed by atoms with van der Waals surface area (Å²) in [6.07, 6.45) is 0.0236. The zero-order valence-corrected chi connectivity index (χ0v) is 13.0. The van der Waals surface area contributed by atoms with E-state index in [9.17, 15) is 15.0 Å². The van der Waals surface area contributed by atoms with E-state index >= 15 is 0 Å². The maximum atomic E-state index is 10.8. The van der Waals surface area contributed by atoms with Gasteiger partial charge in [-0.3, -0.25) is 0 Å². The lowest BCUT2D eigenvalue weighted by Gasteiger charge is -2.22. The summed E-state index contributed by atoms with van der Waals surface area (Å²) in [5.41, 5.74) is 0.365. The van der Waals surface area contributed by atoms with Crippen LogP contribution in [0.25, 0.3) is 0 Å². The van der Waals surface area contributed by atoms with Crippen LogP contribution in [0.15, 0.2) is 60.7 Å². The first-order chi connectivity index (χ1) is 11.5. The second-order valence-corrected chi connectivity index (χ2v) is 4.97. The number of aromatic hydroxyl groups is 1. The predicted molar refractivity (Wildman–Crippen MR) is 87.3 cm³/mol. The summed E-state index contributed by atoms with van der Waals surface area (Å²) in [5, 5.41) is 29.2. The van der Waals surface area contributed by atoms with Crippen LogP contribution in [0.1, 0.15) is 11.7 Å². The van der Waals surface area contributed by atoms with Crippen LogP contribution < -0.4 is 9.47 Å². The molecule has 0 amide bonds. The standard InChI is InChI=1S/C18H18O6/c1-23-15-8-7-12(11-14(15)19)18(22)16(9-10-17(20)21)24-13-5-3-2-4-6-13/h2-11,16,18-19,22H,1H3,(H,20,21)/b10-9+/t16-,18-/m0/s1. The molecule has 0 bridgehead atoms. The topological polar surface area (TPSA) is 96.2 Å². The number of phenols is 1. The van der Waals surface area contributed by atoms with Gasteiger partial charge in [-0.05, 0) is 35.9 Å². The number of aliphatic hydroxyl groups is 1. The molecule has 0 aliphatic rings. The minimum absolute atomic E-state index is 0.130. The Labute approximate surface area is 139 Å². The number of hydrogen-bond donors (Lipinski definition) is 3. The zero-order valence-electron chi connectivity index (χ0n) is 13.0. The van der Waals surface area contributed by atoms with Crippen molar-refractivity contribution in [3.63, 3.8) is 0 Å². The van der Waals surface area contributed by atoms with Gasteiger partial charge in [-0.15, -0.1) is 0 Å². The fourth-order valence-electron chi connectivity index (χ4n) is 2.12. The van der Waals surface area contributed by atoms with Gasteiger partial charge in [0, 0.05) is 6.08 Å². The maximum Gasteiger partial charge on any atom is 0.328 e. The molecule has 0 radical (unpaired) electrons. The van der Waals surface area contributed by atoms with Gasteiger partial charge < -0.3 is 24.8 Å². The van der Waals surface area contributed by atoms with Crippen molar-refractivity contribution in [1.29, 1.82) is 0 Å². The summed E-state index contributed by atoms with van der Waals surface area (Å²) in [7, 11) is 1.42. The van der Waals surface area contributed by atoms with Crippen LogP contribution in [0.5, 0.6) is 17.2 Å². The molecule has 2 aromatic rings. The Hall–Kier alpha value is -2.99. The van der Waals surface area contributed by atoms with E-state index in [1.54, 1.807) is 30.3 Å². The number of aliphatic carboxylic acids is 1. The average molecular weight is 330 g/mol. The lowest BCUT2D eigenvalue weighted by molar-refractivity contribution is -0.131. The normalized spacial score (nSPS) is 13.4. The molecular formula is C18H18O6. The van der Waals surface area contributed by atoms with Gasteiger partial charge in [0.1, 0.15) is 18.0 Å². The van der Waals surface area contributed by atoms with E-state index < -0.39 is 18.2 Å². The van der Waals surface area contributed by atoms with Crippen molar-refractivity contribution in [2.75, 3.05) is 7.11 Å². The highest BCUT2D eigenvalue weighted by atomic mass is 16.5. The van der Waals surface area contributed by atoms with Gasteiger partial charge in [-0.2, -0.15) is 0 Å². The third-order valence-electron chi connectivity index (χ3n) is 3.30. The van der Waals surface area contributed by atoms with E-state index in [4.69, 9.17) is 14.6 Å². The van der Waals surface area contributed by atoms with Crippen LogP contribution >= 0.6 is 0 Å². The van der Waals surface area contributed by atoms with Crippen LogP contribution in [-0.4, -0.2) is 34.5 Å². The number of carboxylic acids is 1. The number of carboxylic acid groups (broad SMARTS) is 1. The van der Waals surface area contributed by atoms with Crippen LogP contribution in [0.3, 0.4) is 0 Å². The number of phenolic OH excluding ortho intramolecular Hbond substituents is 1. The molecule has 126 valence electrons. The zero-order chi connectivity index (χ0) is 17.5. The largest absolute Gasteiger partial charge is 0.504 e. The molecule has 2 atom stereocenters. The lowest BCUT2D eigenvalue weighted by atomic mass is 10.0. The van der Waals surface area contributed by atoms with Gasteiger partial charge in [-0.25, -0.2) is 4.79 Å². The maximum absolute atomic E-state index is 10.8. The van der Waals surface area contributed by atoms with Crippen LogP contribution in [0.4, 0.5) is 0 Å². The van der Waals surface area contributed by atoms with Gasteiger partial charge in [0.2, 0.25) is 0 Å². The number of para-hydroxylation sites is 1. The molecule has 3 N–H and O–H groups in total. The Bertz CT molecular complexity index is 711. The second-order valence-electron chi connectivity index (χ2n) is 4.97. The fourth-order valence-corrected chi connectivity index (χ4v) is 2.12. The van der Waals surface area contributed by atoms with Gasteiger partial charge >= 0.3 is 5.97 Å². The summed E-state index contributed by atoms with van der Waals surface area (Å²) in [6.45, 7) is 0. The predicted octanol–water partition coefficient (Wildman–Crippen LogP) is 2.52. The average Bonchev–Trinajstić information content (AvgIpc) is 2.58. The fraction of sp³-hybridized carbons (Fsp3) is 0.167. The number of methoxy groups -OCH3 is 1. The second kappa shape index (κ2) is 8.03. The van der Waals surface area contributed by atoms with Crippen molar-refractivity contribution in [3.05, 3.63) is 66.2 Å². The third-order valence-corrected chi connectivity index (χ3v) is 3.30. The molecule has 0 saturated heterocycles. The van der Waals surface area contributed by atoms with Crippen LogP contribution in [0.2, 0.25) is 0 Å². The molecule has 0 heterocycles. The molecule has 0 aliphatic heterocycles. The number of carbonyl (C=O) groups is 1. The SMILES string of the molecule is COc1ccc([C@H](O)[C@H](/C=C/C(=O)O)Oc2ccccc2)cc1O. The highest BCUT2D eigenvalue weighted by Gasteiger charge is 2.22. The van der Waals surface area contributed by atoms with Crippen molar-refractivity contribution >= 4 is 5.97 Å². The number of ether oxygens (including phenoxy) is 2. The Morgan fingerprint density at radius 1 is 1.17 bits per heavy atom. The summed E-state index contributed by atoms with van der Waals surface area (Å²) in [6, 6.07) is 13.2. The van der Waals surface area contributed by atoms with E-state index in [0.29, 0.717) is 11.3 Å². The molecule has 0 saturated carbocycles. The van der Waals surface area contributed by atoms with Crippen molar-refractivity contribution < 1.29 is 29.6 Å². The Balaban J connectivity index is 2.27. The Morgan fingerprint density at radius 2 is 1.88 bits per heavy atom. The van der Waals surface area contributed by atoms with Crippen molar-refractivity contribution in [1.82, 2.24) is 0 Å². The van der Waals surface area contributed by atoms with E-state index in [-0.39, 0.29) is 11.5 Å². The molecule has 24 heavy (non-hydrogen) atoms. The van der Waals surface area contributed by atoms with E-state index in [1.807, 2.05) is 6.07 Å². The molecule has 6 heteroatoms. The molecule has 2 aromatic carbocycles. The number of benzene rings is 2. The van der Waals surface area contributed by atoms with E-state index in [2.05, 4.69) is 0 Å². The number of aliphatic hydroxyl groups excluding tert-OH is 1. The molecule has 0 spiro atoms. The molecule has 6 nitrogen and oxygen atoms in total. The third kappa shape index (κ3) is 4.50. The molecular weight excluding hydrogens is 312 g/mol. The minimum atomic E-state index is -1.18. The van der Waals surface area contributed by atoms with Gasteiger partial charge in [0.05, 0.1) is 7.11 Å². The number of rotatable bonds is 7. The van der Waals surface area contributed by atoms with Gasteiger partial charge in [-0.1, -0.05) is 24.3 Å². The number of hydrogen-bond acceptors (Lipinski definition) is 5. The van der Waals surface area contributed by atoms with E-state index in [0.717, 1.165) is 6.08 Å². The Kier molecular flexibility index (Phi) is 5.81. The van der Waals surface area contributed by atoms with Crippen LogP contribution in [0, 0.1) is 0 Å². The Morgan fingerprint density at radius 3 is 2.46 bits per heavy atom. The first-order valence-corrected chi connectivity index (χ1v) is 7.19. The summed E-state index contributed by atoms with van der Waals surface area (Å²) in [4.78, 5) is 10.8. The van der Waals surface area contributed by atoms with Crippen LogP contribution in [-0.2, 0) is 4.79 Å². The molecule has 2 rings (SSSR count). The van der Waals surface area contributed by atoms with Gasteiger partial charge in [0.15, 0.2) is 11.5 Å². The lowest BCUT2D eigenvalue weighted by Crippen LogP contribution is -2.23. The smallest absolute Gasteiger partial charge is 0.328 e. The highest BCUT2D eigenvalue weighted by Crippen LogP contribution is 2.31. The quantitative estimate of drug-likeness (QED) is 0.675.